The summed E-state index contributed by atoms with van der Waals surface area (Å²) in [5, 5.41) is 4.50. The summed E-state index contributed by atoms with van der Waals surface area (Å²) < 4.78 is 3.15. The largest absolute Gasteiger partial charge is 0.383 e. The number of nitrogens with two attached hydrogens (primary N) is 1. The Bertz CT molecular complexity index is 1330. The number of aryl methyl sites for hydroxylation is 3. The van der Waals surface area contributed by atoms with Crippen molar-refractivity contribution in [3.8, 4) is 0 Å². The average molecular weight is 484 g/mol. The van der Waals surface area contributed by atoms with Crippen LogP contribution in [0.25, 0.3) is 5.65 Å². The van der Waals surface area contributed by atoms with E-state index in [4.69, 9.17) is 5.73 Å². The normalized spacial score (nSPS) is 11.5. The number of anilines is 2. The van der Waals surface area contributed by atoms with Crippen LogP contribution in [0.5, 0.6) is 0 Å². The van der Waals surface area contributed by atoms with Crippen LogP contribution in [0.4, 0.5) is 11.5 Å². The molecule has 0 saturated heterocycles. The van der Waals surface area contributed by atoms with Crippen LogP contribution in [0, 0.1) is 26.7 Å². The molecule has 0 aliphatic carbocycles. The number of hydrogen-bond donors (Lipinski definition) is 2. The van der Waals surface area contributed by atoms with Crippen molar-refractivity contribution in [3.63, 3.8) is 0 Å². The van der Waals surface area contributed by atoms with Crippen molar-refractivity contribution in [2.45, 2.75) is 80.2 Å². The van der Waals surface area contributed by atoms with Crippen molar-refractivity contribution in [2.24, 2.45) is 5.92 Å². The molecule has 0 unspecified atom stereocenters. The Morgan fingerprint density at radius 1 is 1.23 bits per heavy atom. The predicted octanol–water partition coefficient (Wildman–Crippen LogP) is 2.90. The quantitative estimate of drug-likeness (QED) is 0.456. The topological polar surface area (TPSA) is 131 Å². The Morgan fingerprint density at radius 2 is 1.94 bits per heavy atom. The molecule has 0 bridgehead atoms. The van der Waals surface area contributed by atoms with E-state index >= 15 is 0 Å². The highest BCUT2D eigenvalue weighted by atomic mass is 16.2. The Hall–Kier alpha value is -3.43. The Morgan fingerprint density at radius 3 is 2.60 bits per heavy atom. The third kappa shape index (κ3) is 5.63. The summed E-state index contributed by atoms with van der Waals surface area (Å²) in [4.78, 5) is 47.2. The first-order valence-electron chi connectivity index (χ1n) is 12.3. The zero-order chi connectivity index (χ0) is 25.9. The summed E-state index contributed by atoms with van der Waals surface area (Å²) in [6.45, 7) is 12.6. The van der Waals surface area contributed by atoms with E-state index in [1.54, 1.807) is 4.52 Å². The molecular formula is C25H37N7O3. The SMILES string of the molecule is CCCCn1c(N)c(N(CCC(C)C)C(=O)CCc2c(C)nc3cc(C)nn3c2C)c(=O)[nH]c1=O. The van der Waals surface area contributed by atoms with Gasteiger partial charge in [0.2, 0.25) is 5.91 Å². The number of nitrogens with zero attached hydrogens (tertiary/aromatic N) is 5. The van der Waals surface area contributed by atoms with Gasteiger partial charge in [0.1, 0.15) is 5.82 Å². The summed E-state index contributed by atoms with van der Waals surface area (Å²) >= 11 is 0. The zero-order valence-electron chi connectivity index (χ0n) is 21.6. The van der Waals surface area contributed by atoms with Crippen molar-refractivity contribution in [1.29, 1.82) is 0 Å². The minimum Gasteiger partial charge on any atom is -0.383 e. The van der Waals surface area contributed by atoms with Gasteiger partial charge in [-0.1, -0.05) is 27.2 Å². The lowest BCUT2D eigenvalue weighted by Gasteiger charge is -2.25. The highest BCUT2D eigenvalue weighted by molar-refractivity contribution is 5.95. The third-order valence-electron chi connectivity index (χ3n) is 6.33. The van der Waals surface area contributed by atoms with E-state index in [1.165, 1.54) is 9.47 Å². The lowest BCUT2D eigenvalue weighted by Crippen LogP contribution is -2.42. The first-order valence-corrected chi connectivity index (χ1v) is 12.3. The van der Waals surface area contributed by atoms with Gasteiger partial charge in [-0.05, 0) is 51.5 Å². The van der Waals surface area contributed by atoms with Crippen molar-refractivity contribution in [3.05, 3.63) is 49.5 Å². The summed E-state index contributed by atoms with van der Waals surface area (Å²) in [7, 11) is 0. The maximum atomic E-state index is 13.5. The third-order valence-corrected chi connectivity index (χ3v) is 6.33. The lowest BCUT2D eigenvalue weighted by atomic mass is 10.1. The minimum atomic E-state index is -0.639. The molecule has 3 heterocycles. The number of carbonyl (C=O) groups excluding carboxylic acids is 1. The van der Waals surface area contributed by atoms with Gasteiger partial charge in [-0.25, -0.2) is 14.3 Å². The summed E-state index contributed by atoms with van der Waals surface area (Å²) in [6.07, 6.45) is 2.90. The summed E-state index contributed by atoms with van der Waals surface area (Å²) in [6, 6.07) is 1.92. The number of aromatic amines is 1. The van der Waals surface area contributed by atoms with E-state index in [0.29, 0.717) is 31.8 Å². The molecule has 0 aliphatic heterocycles. The van der Waals surface area contributed by atoms with E-state index < -0.39 is 11.2 Å². The fourth-order valence-electron chi connectivity index (χ4n) is 4.29. The van der Waals surface area contributed by atoms with Crippen LogP contribution in [0.1, 0.15) is 69.1 Å². The summed E-state index contributed by atoms with van der Waals surface area (Å²) in [5.41, 5.74) is 9.57. The van der Waals surface area contributed by atoms with E-state index in [1.807, 2.05) is 33.8 Å². The van der Waals surface area contributed by atoms with Gasteiger partial charge in [-0.3, -0.25) is 19.1 Å². The lowest BCUT2D eigenvalue weighted by molar-refractivity contribution is -0.118. The number of carbonyl (C=O) groups is 1. The molecule has 3 aromatic rings. The van der Waals surface area contributed by atoms with Gasteiger partial charge in [0.05, 0.1) is 5.69 Å². The predicted molar refractivity (Wildman–Crippen MR) is 138 cm³/mol. The van der Waals surface area contributed by atoms with Gasteiger partial charge in [-0.15, -0.1) is 0 Å². The van der Waals surface area contributed by atoms with E-state index in [9.17, 15) is 14.4 Å². The molecule has 0 aromatic carbocycles. The van der Waals surface area contributed by atoms with E-state index in [0.717, 1.165) is 41.1 Å². The molecule has 0 spiro atoms. The smallest absolute Gasteiger partial charge is 0.330 e. The fraction of sp³-hybridized carbons (Fsp3) is 0.560. The van der Waals surface area contributed by atoms with Crippen LogP contribution in [0.15, 0.2) is 15.7 Å². The zero-order valence-corrected chi connectivity index (χ0v) is 21.6. The van der Waals surface area contributed by atoms with Gasteiger partial charge in [-0.2, -0.15) is 5.10 Å². The molecule has 3 N–H and O–H groups in total. The molecule has 190 valence electrons. The molecule has 3 aromatic heterocycles. The molecule has 0 aliphatic rings. The summed E-state index contributed by atoms with van der Waals surface area (Å²) in [5.74, 6) is 0.126. The van der Waals surface area contributed by atoms with Gasteiger partial charge < -0.3 is 10.6 Å². The molecule has 10 heteroatoms. The minimum absolute atomic E-state index is 0.0340. The molecule has 0 atom stereocenters. The highest BCUT2D eigenvalue weighted by Gasteiger charge is 2.25. The number of unbranched alkanes of at least 4 members (excludes halogenated alkanes) is 1. The van der Waals surface area contributed by atoms with Crippen molar-refractivity contribution in [1.82, 2.24) is 24.1 Å². The number of H-pyrrole nitrogens is 1. The average Bonchev–Trinajstić information content (AvgIpc) is 3.15. The van der Waals surface area contributed by atoms with Crippen LogP contribution >= 0.6 is 0 Å². The first kappa shape index (κ1) is 26.2. The van der Waals surface area contributed by atoms with Crippen LogP contribution in [0.3, 0.4) is 0 Å². The molecule has 0 radical (unpaired) electrons. The molecule has 0 saturated carbocycles. The molecular weight excluding hydrogens is 446 g/mol. The van der Waals surface area contributed by atoms with E-state index in [2.05, 4.69) is 28.9 Å². The number of rotatable bonds is 10. The van der Waals surface area contributed by atoms with Crippen LogP contribution in [-0.4, -0.2) is 36.6 Å². The second kappa shape index (κ2) is 10.9. The number of amides is 1. The standard InChI is InChI=1S/C25H37N7O3/c1-7-8-12-31-23(26)22(24(34)28-25(31)35)30(13-11-15(2)3)21(33)10-9-19-17(5)27-20-14-16(4)29-32(20)18(19)6/h14-15H,7-13,26H2,1-6H3,(H,28,34,35). The van der Waals surface area contributed by atoms with Crippen LogP contribution < -0.4 is 21.9 Å². The Labute approximate surface area is 205 Å². The number of fused-ring (bicyclic) bond motifs is 1. The second-order valence-corrected chi connectivity index (χ2v) is 9.54. The molecule has 35 heavy (non-hydrogen) atoms. The number of hydrogen-bond acceptors (Lipinski definition) is 6. The fourth-order valence-corrected chi connectivity index (χ4v) is 4.29. The molecule has 1 amide bonds. The van der Waals surface area contributed by atoms with Gasteiger partial charge in [0, 0.05) is 37.0 Å². The molecule has 10 nitrogen and oxygen atoms in total. The van der Waals surface area contributed by atoms with E-state index in [-0.39, 0.29) is 23.8 Å². The molecule has 3 rings (SSSR count). The van der Waals surface area contributed by atoms with Gasteiger partial charge in [0.15, 0.2) is 11.3 Å². The van der Waals surface area contributed by atoms with Crippen LogP contribution in [0.2, 0.25) is 0 Å². The monoisotopic (exact) mass is 483 g/mol. The highest BCUT2D eigenvalue weighted by Crippen LogP contribution is 2.22. The first-order chi connectivity index (χ1) is 16.5. The van der Waals surface area contributed by atoms with Crippen LogP contribution in [-0.2, 0) is 17.8 Å². The van der Waals surface area contributed by atoms with Gasteiger partial charge in [0.25, 0.3) is 5.56 Å². The Kier molecular flexibility index (Phi) is 8.14. The number of aromatic nitrogens is 5. The maximum Gasteiger partial charge on any atom is 0.330 e. The van der Waals surface area contributed by atoms with Crippen molar-refractivity contribution >= 4 is 23.1 Å². The van der Waals surface area contributed by atoms with Gasteiger partial charge >= 0.3 is 5.69 Å². The Balaban J connectivity index is 1.96. The maximum absolute atomic E-state index is 13.5. The number of nitrogens with one attached hydrogen (secondary N) is 1. The van der Waals surface area contributed by atoms with Crippen molar-refractivity contribution in [2.75, 3.05) is 17.2 Å². The van der Waals surface area contributed by atoms with Crippen molar-refractivity contribution < 1.29 is 4.79 Å². The number of nitrogen functional groups attached to an aromatic ring is 1. The second-order valence-electron chi connectivity index (χ2n) is 9.54. The molecule has 0 fully saturated rings.